The maximum atomic E-state index is 12.4. The molecule has 0 radical (unpaired) electrons. The Balaban J connectivity index is 2.06. The van der Waals surface area contributed by atoms with Crippen LogP contribution in [0.3, 0.4) is 0 Å². The van der Waals surface area contributed by atoms with Crippen LogP contribution in [0.5, 0.6) is 0 Å². The van der Waals surface area contributed by atoms with E-state index >= 15 is 0 Å². The van der Waals surface area contributed by atoms with Gasteiger partial charge in [0.2, 0.25) is 11.8 Å². The smallest absolute Gasteiger partial charge is 0.239 e. The Kier molecular flexibility index (Phi) is 4.42. The zero-order valence-electron chi connectivity index (χ0n) is 12.3. The summed E-state index contributed by atoms with van der Waals surface area (Å²) in [6.07, 6.45) is 0.594. The van der Waals surface area contributed by atoms with Crippen molar-refractivity contribution in [2.24, 2.45) is 11.8 Å². The molecule has 2 rings (SSSR count). The fourth-order valence-electron chi connectivity index (χ4n) is 2.46. The molecule has 4 heteroatoms. The summed E-state index contributed by atoms with van der Waals surface area (Å²) in [4.78, 5) is 26.2. The van der Waals surface area contributed by atoms with Gasteiger partial charge in [-0.05, 0) is 30.9 Å². The molecule has 1 atom stereocenters. The van der Waals surface area contributed by atoms with Gasteiger partial charge in [-0.15, -0.1) is 0 Å². The molecule has 0 spiro atoms. The number of rotatable bonds is 4. The Morgan fingerprint density at radius 3 is 2.75 bits per heavy atom. The molecule has 1 N–H and O–H groups in total. The first kappa shape index (κ1) is 14.6. The molecule has 1 unspecified atom stereocenters. The molecular formula is C16H22N2O2. The number of nitrogens with one attached hydrogen (secondary N) is 1. The highest BCUT2D eigenvalue weighted by Crippen LogP contribution is 2.27. The maximum absolute atomic E-state index is 12.4. The Bertz CT molecular complexity index is 511. The van der Waals surface area contributed by atoms with E-state index in [-0.39, 0.29) is 11.8 Å². The van der Waals surface area contributed by atoms with E-state index in [9.17, 15) is 9.59 Å². The van der Waals surface area contributed by atoms with Crippen LogP contribution in [-0.2, 0) is 9.59 Å². The van der Waals surface area contributed by atoms with Gasteiger partial charge in [0.05, 0.1) is 0 Å². The third-order valence-electron chi connectivity index (χ3n) is 3.61. The zero-order chi connectivity index (χ0) is 14.7. The van der Waals surface area contributed by atoms with Crippen LogP contribution in [-0.4, -0.2) is 24.9 Å². The molecule has 4 nitrogen and oxygen atoms in total. The van der Waals surface area contributed by atoms with Crippen LogP contribution >= 0.6 is 0 Å². The lowest BCUT2D eigenvalue weighted by molar-refractivity contribution is -0.132. The number of hydrogen-bond acceptors (Lipinski definition) is 2. The Morgan fingerprint density at radius 2 is 2.10 bits per heavy atom. The van der Waals surface area contributed by atoms with E-state index in [0.29, 0.717) is 25.4 Å². The van der Waals surface area contributed by atoms with Crippen molar-refractivity contribution in [1.29, 1.82) is 0 Å². The van der Waals surface area contributed by atoms with Gasteiger partial charge >= 0.3 is 0 Å². The standard InChI is InChI=1S/C16H22N2O2/c1-11(2)10-17-15(19)13-8-9-18(16(13)20)14-7-5-4-6-12(14)3/h4-7,11,13H,8-10H2,1-3H3,(H,17,19). The number of carbonyl (C=O) groups excluding carboxylic acids is 2. The van der Waals surface area contributed by atoms with Gasteiger partial charge in [-0.2, -0.15) is 0 Å². The summed E-state index contributed by atoms with van der Waals surface area (Å²) in [5.74, 6) is -0.364. The fourth-order valence-corrected chi connectivity index (χ4v) is 2.46. The summed E-state index contributed by atoms with van der Waals surface area (Å²) in [7, 11) is 0. The molecule has 1 aromatic rings. The van der Waals surface area contributed by atoms with Crippen molar-refractivity contribution < 1.29 is 9.59 Å². The van der Waals surface area contributed by atoms with Gasteiger partial charge in [0.25, 0.3) is 0 Å². The number of carbonyl (C=O) groups is 2. The summed E-state index contributed by atoms with van der Waals surface area (Å²) in [5.41, 5.74) is 1.97. The third-order valence-corrected chi connectivity index (χ3v) is 3.61. The number of amides is 2. The minimum Gasteiger partial charge on any atom is -0.355 e. The van der Waals surface area contributed by atoms with E-state index < -0.39 is 5.92 Å². The van der Waals surface area contributed by atoms with Gasteiger partial charge in [-0.3, -0.25) is 9.59 Å². The lowest BCUT2D eigenvalue weighted by Gasteiger charge is -2.19. The van der Waals surface area contributed by atoms with Gasteiger partial charge < -0.3 is 10.2 Å². The van der Waals surface area contributed by atoms with E-state index in [1.54, 1.807) is 4.90 Å². The van der Waals surface area contributed by atoms with Crippen LogP contribution < -0.4 is 10.2 Å². The normalized spacial score (nSPS) is 18.7. The summed E-state index contributed by atoms with van der Waals surface area (Å²) < 4.78 is 0. The highest BCUT2D eigenvalue weighted by Gasteiger charge is 2.37. The van der Waals surface area contributed by atoms with E-state index in [2.05, 4.69) is 5.32 Å². The number of hydrogen-bond donors (Lipinski definition) is 1. The van der Waals surface area contributed by atoms with Crippen LogP contribution in [0.4, 0.5) is 5.69 Å². The average Bonchev–Trinajstić information content (AvgIpc) is 2.78. The summed E-state index contributed by atoms with van der Waals surface area (Å²) in [6.45, 7) is 7.29. The molecule has 1 fully saturated rings. The van der Waals surface area contributed by atoms with Gasteiger partial charge in [-0.1, -0.05) is 32.0 Å². The summed E-state index contributed by atoms with van der Waals surface area (Å²) >= 11 is 0. The topological polar surface area (TPSA) is 49.4 Å². The highest BCUT2D eigenvalue weighted by molar-refractivity contribution is 6.09. The number of anilines is 1. The van der Waals surface area contributed by atoms with E-state index in [4.69, 9.17) is 0 Å². The van der Waals surface area contributed by atoms with Crippen molar-refractivity contribution in [2.45, 2.75) is 27.2 Å². The van der Waals surface area contributed by atoms with Crippen LogP contribution in [0.1, 0.15) is 25.8 Å². The predicted molar refractivity (Wildman–Crippen MR) is 79.5 cm³/mol. The quantitative estimate of drug-likeness (QED) is 0.855. The average molecular weight is 274 g/mol. The van der Waals surface area contributed by atoms with Crippen molar-refractivity contribution in [2.75, 3.05) is 18.0 Å². The Labute approximate surface area is 120 Å². The summed E-state index contributed by atoms with van der Waals surface area (Å²) in [5, 5.41) is 2.85. The van der Waals surface area contributed by atoms with Gasteiger partial charge in [0.15, 0.2) is 0 Å². The molecule has 1 saturated heterocycles. The molecule has 0 aliphatic carbocycles. The molecule has 108 valence electrons. The second-order valence-corrected chi connectivity index (χ2v) is 5.76. The molecule has 2 amide bonds. The molecule has 1 heterocycles. The number of aryl methyl sites for hydroxylation is 1. The Hall–Kier alpha value is -1.84. The number of nitrogens with zero attached hydrogens (tertiary/aromatic N) is 1. The van der Waals surface area contributed by atoms with Gasteiger partial charge in [-0.25, -0.2) is 0 Å². The molecule has 1 aliphatic rings. The summed E-state index contributed by atoms with van der Waals surface area (Å²) in [6, 6.07) is 7.78. The minimum atomic E-state index is -0.534. The third kappa shape index (κ3) is 3.00. The molecular weight excluding hydrogens is 252 g/mol. The van der Waals surface area contributed by atoms with Gasteiger partial charge in [0.1, 0.15) is 5.92 Å². The molecule has 20 heavy (non-hydrogen) atoms. The van der Waals surface area contributed by atoms with Crippen LogP contribution in [0.2, 0.25) is 0 Å². The van der Waals surface area contributed by atoms with Crippen molar-refractivity contribution in [3.8, 4) is 0 Å². The fraction of sp³-hybridized carbons (Fsp3) is 0.500. The Morgan fingerprint density at radius 1 is 1.40 bits per heavy atom. The first-order valence-corrected chi connectivity index (χ1v) is 7.15. The second kappa shape index (κ2) is 6.07. The first-order valence-electron chi connectivity index (χ1n) is 7.15. The number of para-hydroxylation sites is 1. The molecule has 0 bridgehead atoms. The lowest BCUT2D eigenvalue weighted by atomic mass is 10.1. The molecule has 0 aromatic heterocycles. The maximum Gasteiger partial charge on any atom is 0.239 e. The largest absolute Gasteiger partial charge is 0.355 e. The van der Waals surface area contributed by atoms with Crippen LogP contribution in [0.15, 0.2) is 24.3 Å². The first-order chi connectivity index (χ1) is 9.50. The second-order valence-electron chi connectivity index (χ2n) is 5.76. The lowest BCUT2D eigenvalue weighted by Crippen LogP contribution is -2.38. The number of benzene rings is 1. The monoisotopic (exact) mass is 274 g/mol. The van der Waals surface area contributed by atoms with Gasteiger partial charge in [0, 0.05) is 18.8 Å². The molecule has 0 saturated carbocycles. The van der Waals surface area contributed by atoms with Crippen LogP contribution in [0.25, 0.3) is 0 Å². The van der Waals surface area contributed by atoms with Crippen LogP contribution in [0, 0.1) is 18.8 Å². The van der Waals surface area contributed by atoms with Crippen molar-refractivity contribution in [1.82, 2.24) is 5.32 Å². The molecule has 1 aromatic carbocycles. The van der Waals surface area contributed by atoms with Crippen molar-refractivity contribution in [3.05, 3.63) is 29.8 Å². The van der Waals surface area contributed by atoms with Crippen molar-refractivity contribution in [3.63, 3.8) is 0 Å². The van der Waals surface area contributed by atoms with E-state index in [1.165, 1.54) is 0 Å². The van der Waals surface area contributed by atoms with E-state index in [1.807, 2.05) is 45.0 Å². The minimum absolute atomic E-state index is 0.0828. The SMILES string of the molecule is Cc1ccccc1N1CCC(C(=O)NCC(C)C)C1=O. The molecule has 1 aliphatic heterocycles. The van der Waals surface area contributed by atoms with Crippen molar-refractivity contribution >= 4 is 17.5 Å². The zero-order valence-corrected chi connectivity index (χ0v) is 12.3. The highest BCUT2D eigenvalue weighted by atomic mass is 16.2. The van der Waals surface area contributed by atoms with E-state index in [0.717, 1.165) is 11.3 Å². The predicted octanol–water partition coefficient (Wildman–Crippen LogP) is 2.12.